The van der Waals surface area contributed by atoms with Crippen LogP contribution in [-0.4, -0.2) is 28.9 Å². The number of nitrogens with one attached hydrogen (secondary N) is 1. The molecule has 0 radical (unpaired) electrons. The number of hydrogen-bond acceptors (Lipinski definition) is 3. The van der Waals surface area contributed by atoms with Gasteiger partial charge in [0.15, 0.2) is 0 Å². The first-order valence-electron chi connectivity index (χ1n) is 9.52. The Morgan fingerprint density at radius 1 is 1.30 bits per heavy atom. The third-order valence-electron chi connectivity index (χ3n) is 5.37. The number of aromatic nitrogens is 2. The Balaban J connectivity index is 1.40. The quantitative estimate of drug-likeness (QED) is 0.758. The zero-order valence-electron chi connectivity index (χ0n) is 15.9. The van der Waals surface area contributed by atoms with Crippen LogP contribution in [0.15, 0.2) is 42.6 Å². The molecule has 5 heteroatoms. The smallest absolute Gasteiger partial charge is 0.223 e. The second-order valence-corrected chi connectivity index (χ2v) is 7.23. The van der Waals surface area contributed by atoms with Gasteiger partial charge >= 0.3 is 0 Å². The van der Waals surface area contributed by atoms with Gasteiger partial charge in [-0.1, -0.05) is 24.3 Å². The molecule has 3 aromatic rings. The number of pyridine rings is 1. The molecule has 0 bridgehead atoms. The van der Waals surface area contributed by atoms with E-state index in [0.717, 1.165) is 48.3 Å². The molecule has 0 aliphatic heterocycles. The number of methoxy groups -OCH3 is 1. The molecule has 1 amide bonds. The van der Waals surface area contributed by atoms with Crippen LogP contribution in [0.5, 0.6) is 5.75 Å². The molecule has 0 fully saturated rings. The first kappa shape index (κ1) is 17.6. The van der Waals surface area contributed by atoms with Crippen LogP contribution in [0.1, 0.15) is 28.9 Å². The third-order valence-corrected chi connectivity index (χ3v) is 5.37. The zero-order valence-corrected chi connectivity index (χ0v) is 15.9. The monoisotopic (exact) mass is 363 g/mol. The average Bonchev–Trinajstić information content (AvgIpc) is 3.05. The van der Waals surface area contributed by atoms with Gasteiger partial charge in [0, 0.05) is 30.8 Å². The number of carbonyl (C=O) groups excluding carboxylic acids is 1. The van der Waals surface area contributed by atoms with Gasteiger partial charge in [0.25, 0.3) is 0 Å². The van der Waals surface area contributed by atoms with E-state index in [-0.39, 0.29) is 11.8 Å². The molecule has 0 saturated heterocycles. The highest BCUT2D eigenvalue weighted by molar-refractivity contribution is 5.79. The van der Waals surface area contributed by atoms with Gasteiger partial charge in [-0.05, 0) is 49.4 Å². The molecule has 4 rings (SSSR count). The topological polar surface area (TPSA) is 55.6 Å². The molecule has 0 spiro atoms. The van der Waals surface area contributed by atoms with Crippen LogP contribution in [0.2, 0.25) is 0 Å². The van der Waals surface area contributed by atoms with Crippen molar-refractivity contribution in [1.29, 1.82) is 0 Å². The van der Waals surface area contributed by atoms with E-state index in [2.05, 4.69) is 35.0 Å². The minimum Gasteiger partial charge on any atom is -0.496 e. The molecule has 5 nitrogen and oxygen atoms in total. The second kappa shape index (κ2) is 7.43. The predicted octanol–water partition coefficient (Wildman–Crippen LogP) is 3.12. The van der Waals surface area contributed by atoms with Crippen LogP contribution in [0, 0.1) is 12.8 Å². The molecule has 1 unspecified atom stereocenters. The number of ether oxygens (including phenoxy) is 1. The van der Waals surface area contributed by atoms with Gasteiger partial charge in [-0.15, -0.1) is 0 Å². The van der Waals surface area contributed by atoms with Crippen molar-refractivity contribution in [2.24, 2.45) is 5.92 Å². The minimum atomic E-state index is 0.00980. The van der Waals surface area contributed by atoms with Crippen molar-refractivity contribution in [2.75, 3.05) is 13.7 Å². The maximum atomic E-state index is 12.7. The Labute approximate surface area is 159 Å². The molecule has 27 heavy (non-hydrogen) atoms. The van der Waals surface area contributed by atoms with E-state index in [0.29, 0.717) is 6.54 Å². The van der Waals surface area contributed by atoms with Crippen LogP contribution in [0.4, 0.5) is 0 Å². The number of rotatable bonds is 5. The van der Waals surface area contributed by atoms with Crippen molar-refractivity contribution in [1.82, 2.24) is 14.7 Å². The number of hydrogen-bond donors (Lipinski definition) is 1. The fourth-order valence-corrected chi connectivity index (χ4v) is 3.91. The van der Waals surface area contributed by atoms with Crippen LogP contribution >= 0.6 is 0 Å². The maximum Gasteiger partial charge on any atom is 0.223 e. The molecule has 1 aromatic carbocycles. The van der Waals surface area contributed by atoms with Crippen LogP contribution in [0.3, 0.4) is 0 Å². The van der Waals surface area contributed by atoms with E-state index in [9.17, 15) is 4.79 Å². The molecular formula is C22H25N3O2. The predicted molar refractivity (Wildman–Crippen MR) is 105 cm³/mol. The summed E-state index contributed by atoms with van der Waals surface area (Å²) in [6, 6.07) is 12.1. The molecule has 0 saturated carbocycles. The van der Waals surface area contributed by atoms with E-state index in [4.69, 9.17) is 9.72 Å². The summed E-state index contributed by atoms with van der Waals surface area (Å²) in [6.07, 6.45) is 5.35. The van der Waals surface area contributed by atoms with E-state index in [1.165, 1.54) is 11.3 Å². The van der Waals surface area contributed by atoms with Gasteiger partial charge in [0.05, 0.1) is 12.8 Å². The summed E-state index contributed by atoms with van der Waals surface area (Å²) in [5, 5.41) is 3.11. The Morgan fingerprint density at radius 3 is 3.00 bits per heavy atom. The number of nitrogens with zero attached hydrogens (tertiary/aromatic N) is 2. The summed E-state index contributed by atoms with van der Waals surface area (Å²) < 4.78 is 7.53. The first-order valence-corrected chi connectivity index (χ1v) is 9.52. The molecule has 1 N–H and O–H groups in total. The first-order chi connectivity index (χ1) is 13.2. The summed E-state index contributed by atoms with van der Waals surface area (Å²) in [5.74, 6) is 1.02. The Morgan fingerprint density at radius 2 is 2.15 bits per heavy atom. The second-order valence-electron chi connectivity index (χ2n) is 7.23. The van der Waals surface area contributed by atoms with Gasteiger partial charge in [-0.25, -0.2) is 4.98 Å². The van der Waals surface area contributed by atoms with Crippen molar-refractivity contribution in [3.05, 3.63) is 65.1 Å². The molecule has 1 aliphatic rings. The third kappa shape index (κ3) is 3.54. The number of para-hydroxylation sites is 1. The van der Waals surface area contributed by atoms with Gasteiger partial charge in [-0.2, -0.15) is 0 Å². The zero-order chi connectivity index (χ0) is 18.8. The highest BCUT2D eigenvalue weighted by Crippen LogP contribution is 2.27. The minimum absolute atomic E-state index is 0.00980. The number of amides is 1. The van der Waals surface area contributed by atoms with Gasteiger partial charge in [-0.3, -0.25) is 4.79 Å². The van der Waals surface area contributed by atoms with Crippen molar-refractivity contribution >= 4 is 11.6 Å². The molecular weight excluding hydrogens is 338 g/mol. The molecule has 140 valence electrons. The maximum absolute atomic E-state index is 12.7. The van der Waals surface area contributed by atoms with Gasteiger partial charge < -0.3 is 14.5 Å². The van der Waals surface area contributed by atoms with E-state index in [1.807, 2.05) is 24.3 Å². The fraction of sp³-hybridized carbons (Fsp3) is 0.364. The van der Waals surface area contributed by atoms with Crippen LogP contribution in [-0.2, 0) is 24.1 Å². The van der Waals surface area contributed by atoms with Crippen molar-refractivity contribution in [2.45, 2.75) is 32.6 Å². The largest absolute Gasteiger partial charge is 0.496 e. The highest BCUT2D eigenvalue weighted by Gasteiger charge is 2.27. The SMILES string of the molecule is COc1ccccc1CCNC(=O)C1CCc2nc3ccc(C)cn3c2C1. The summed E-state index contributed by atoms with van der Waals surface area (Å²) in [5.41, 5.74) is 5.61. The van der Waals surface area contributed by atoms with Crippen LogP contribution < -0.4 is 10.1 Å². The number of aryl methyl sites for hydroxylation is 2. The lowest BCUT2D eigenvalue weighted by atomic mass is 9.89. The lowest BCUT2D eigenvalue weighted by molar-refractivity contribution is -0.125. The lowest BCUT2D eigenvalue weighted by Gasteiger charge is -2.21. The van der Waals surface area contributed by atoms with E-state index < -0.39 is 0 Å². The Bertz CT molecular complexity index is 977. The summed E-state index contributed by atoms with van der Waals surface area (Å²) in [4.78, 5) is 17.4. The standard InChI is InChI=1S/C22H25N3O2/c1-15-7-10-21-24-18-9-8-17(13-19(18)25(21)14-15)22(26)23-12-11-16-5-3-4-6-20(16)27-2/h3-7,10,14,17H,8-9,11-13H2,1-2H3,(H,23,26). The van der Waals surface area contributed by atoms with Crippen LogP contribution in [0.25, 0.3) is 5.65 Å². The Kier molecular flexibility index (Phi) is 4.84. The van der Waals surface area contributed by atoms with Gasteiger partial charge in [0.1, 0.15) is 11.4 Å². The average molecular weight is 363 g/mol. The van der Waals surface area contributed by atoms with Gasteiger partial charge in [0.2, 0.25) is 5.91 Å². The summed E-state index contributed by atoms with van der Waals surface area (Å²) in [7, 11) is 1.68. The van der Waals surface area contributed by atoms with E-state index in [1.54, 1.807) is 7.11 Å². The van der Waals surface area contributed by atoms with Crippen molar-refractivity contribution in [3.63, 3.8) is 0 Å². The number of imidazole rings is 1. The highest BCUT2D eigenvalue weighted by atomic mass is 16.5. The molecule has 2 heterocycles. The number of carbonyl (C=O) groups is 1. The normalized spacial score (nSPS) is 16.1. The van der Waals surface area contributed by atoms with Crippen molar-refractivity contribution in [3.8, 4) is 5.75 Å². The van der Waals surface area contributed by atoms with Crippen molar-refractivity contribution < 1.29 is 9.53 Å². The lowest BCUT2D eigenvalue weighted by Crippen LogP contribution is -2.35. The fourth-order valence-electron chi connectivity index (χ4n) is 3.91. The molecule has 2 aromatic heterocycles. The summed E-state index contributed by atoms with van der Waals surface area (Å²) >= 11 is 0. The number of fused-ring (bicyclic) bond motifs is 3. The summed E-state index contributed by atoms with van der Waals surface area (Å²) in [6.45, 7) is 2.70. The number of benzene rings is 1. The Hall–Kier alpha value is -2.82. The molecule has 1 aliphatic carbocycles. The van der Waals surface area contributed by atoms with E-state index >= 15 is 0 Å². The molecule has 1 atom stereocenters.